The van der Waals surface area contributed by atoms with Crippen molar-refractivity contribution in [1.82, 2.24) is 5.32 Å². The predicted molar refractivity (Wildman–Crippen MR) is 40.3 cm³/mol. The molecule has 0 aliphatic carbocycles. The lowest BCUT2D eigenvalue weighted by Crippen LogP contribution is -2.25. The molecule has 0 fully saturated rings. The second-order valence-electron chi connectivity index (χ2n) is 1.99. The van der Waals surface area contributed by atoms with E-state index in [2.05, 4.69) is 21.2 Å². The highest BCUT2D eigenvalue weighted by Crippen LogP contribution is 2.14. The molecular formula is C6H8BrNO. The van der Waals surface area contributed by atoms with Gasteiger partial charge in [0.1, 0.15) is 5.76 Å². The molecule has 2 nitrogen and oxygen atoms in total. The van der Waals surface area contributed by atoms with Crippen LogP contribution in [0.4, 0.5) is 0 Å². The number of halogens is 1. The standard InChI is InChI=1S/C6H8BrNO/c1-4-6(9)2-5(7)3-8-4/h2-4,8-9H,1H3. The first-order valence-corrected chi connectivity index (χ1v) is 3.51. The third-order valence-corrected chi connectivity index (χ3v) is 1.66. The quantitative estimate of drug-likeness (QED) is 0.608. The lowest BCUT2D eigenvalue weighted by Gasteiger charge is -2.14. The molecule has 2 N–H and O–H groups in total. The van der Waals surface area contributed by atoms with Crippen LogP contribution in [0.15, 0.2) is 22.5 Å². The number of aliphatic hydroxyl groups is 1. The van der Waals surface area contributed by atoms with Gasteiger partial charge >= 0.3 is 0 Å². The van der Waals surface area contributed by atoms with Gasteiger partial charge in [-0.25, -0.2) is 0 Å². The summed E-state index contributed by atoms with van der Waals surface area (Å²) in [7, 11) is 0. The second-order valence-corrected chi connectivity index (χ2v) is 2.90. The van der Waals surface area contributed by atoms with Crippen molar-refractivity contribution in [1.29, 1.82) is 0 Å². The summed E-state index contributed by atoms with van der Waals surface area (Å²) < 4.78 is 0.873. The van der Waals surface area contributed by atoms with Crippen molar-refractivity contribution in [2.24, 2.45) is 0 Å². The highest BCUT2D eigenvalue weighted by molar-refractivity contribution is 9.11. The Morgan fingerprint density at radius 1 is 1.78 bits per heavy atom. The van der Waals surface area contributed by atoms with Crippen molar-refractivity contribution < 1.29 is 5.11 Å². The molecule has 1 rings (SSSR count). The van der Waals surface area contributed by atoms with Crippen LogP contribution in [0.1, 0.15) is 6.92 Å². The molecule has 0 bridgehead atoms. The molecule has 1 unspecified atom stereocenters. The number of aliphatic hydroxyl groups excluding tert-OH is 1. The first-order valence-electron chi connectivity index (χ1n) is 2.72. The Kier molecular flexibility index (Phi) is 1.81. The number of hydrogen-bond acceptors (Lipinski definition) is 2. The van der Waals surface area contributed by atoms with Gasteiger partial charge in [-0.2, -0.15) is 0 Å². The van der Waals surface area contributed by atoms with Crippen LogP contribution >= 0.6 is 15.9 Å². The van der Waals surface area contributed by atoms with Crippen molar-refractivity contribution in [3.05, 3.63) is 22.5 Å². The Balaban J connectivity index is 2.74. The molecule has 0 amide bonds. The highest BCUT2D eigenvalue weighted by Gasteiger charge is 2.08. The van der Waals surface area contributed by atoms with E-state index in [0.29, 0.717) is 5.76 Å². The van der Waals surface area contributed by atoms with Gasteiger partial charge < -0.3 is 10.4 Å². The van der Waals surface area contributed by atoms with Crippen LogP contribution in [0.5, 0.6) is 0 Å². The van der Waals surface area contributed by atoms with Crippen molar-refractivity contribution in [2.45, 2.75) is 13.0 Å². The van der Waals surface area contributed by atoms with Gasteiger partial charge in [-0.3, -0.25) is 0 Å². The molecule has 1 aliphatic heterocycles. The zero-order valence-corrected chi connectivity index (χ0v) is 6.64. The summed E-state index contributed by atoms with van der Waals surface area (Å²) in [6.45, 7) is 1.89. The molecular weight excluding hydrogens is 182 g/mol. The molecule has 0 saturated carbocycles. The van der Waals surface area contributed by atoms with Crippen LogP contribution in [-0.4, -0.2) is 11.1 Å². The second kappa shape index (κ2) is 2.43. The Labute approximate surface area is 62.4 Å². The third-order valence-electron chi connectivity index (χ3n) is 1.20. The molecule has 0 spiro atoms. The zero-order chi connectivity index (χ0) is 6.85. The summed E-state index contributed by atoms with van der Waals surface area (Å²) in [6.07, 6.45) is 3.49. The van der Waals surface area contributed by atoms with E-state index in [1.807, 2.05) is 13.1 Å². The Hall–Kier alpha value is -0.440. The Morgan fingerprint density at radius 3 is 2.89 bits per heavy atom. The van der Waals surface area contributed by atoms with Crippen LogP contribution in [0.25, 0.3) is 0 Å². The number of rotatable bonds is 0. The van der Waals surface area contributed by atoms with Gasteiger partial charge in [-0.1, -0.05) is 0 Å². The highest BCUT2D eigenvalue weighted by atomic mass is 79.9. The lowest BCUT2D eigenvalue weighted by molar-refractivity contribution is 0.358. The van der Waals surface area contributed by atoms with E-state index in [1.54, 1.807) is 6.08 Å². The zero-order valence-electron chi connectivity index (χ0n) is 5.06. The van der Waals surface area contributed by atoms with Crippen molar-refractivity contribution in [3.8, 4) is 0 Å². The summed E-state index contributed by atoms with van der Waals surface area (Å²) in [6, 6.07) is 0.0475. The average Bonchev–Trinajstić information content (AvgIpc) is 1.80. The number of dihydropyridines is 1. The molecule has 0 aromatic heterocycles. The Morgan fingerprint density at radius 2 is 2.44 bits per heavy atom. The maximum Gasteiger partial charge on any atom is 0.115 e. The van der Waals surface area contributed by atoms with Gasteiger partial charge in [0.2, 0.25) is 0 Å². The van der Waals surface area contributed by atoms with E-state index in [4.69, 9.17) is 5.11 Å². The van der Waals surface area contributed by atoms with Gasteiger partial charge in [0.25, 0.3) is 0 Å². The fourth-order valence-corrected chi connectivity index (χ4v) is 0.965. The average molecular weight is 190 g/mol. The van der Waals surface area contributed by atoms with Crippen molar-refractivity contribution in [3.63, 3.8) is 0 Å². The number of nitrogens with one attached hydrogen (secondary N) is 1. The molecule has 9 heavy (non-hydrogen) atoms. The van der Waals surface area contributed by atoms with Gasteiger partial charge in [0.15, 0.2) is 0 Å². The van der Waals surface area contributed by atoms with Crippen molar-refractivity contribution in [2.75, 3.05) is 0 Å². The van der Waals surface area contributed by atoms with E-state index in [0.717, 1.165) is 4.48 Å². The van der Waals surface area contributed by atoms with Crippen LogP contribution in [0, 0.1) is 0 Å². The topological polar surface area (TPSA) is 32.3 Å². The van der Waals surface area contributed by atoms with Crippen LogP contribution < -0.4 is 5.32 Å². The molecule has 3 heteroatoms. The van der Waals surface area contributed by atoms with Crippen LogP contribution in [0.3, 0.4) is 0 Å². The van der Waals surface area contributed by atoms with Crippen molar-refractivity contribution >= 4 is 15.9 Å². The molecule has 1 heterocycles. The van der Waals surface area contributed by atoms with Gasteiger partial charge in [0.05, 0.1) is 6.04 Å². The monoisotopic (exact) mass is 189 g/mol. The van der Waals surface area contributed by atoms with Crippen LogP contribution in [0.2, 0.25) is 0 Å². The maximum absolute atomic E-state index is 9.08. The van der Waals surface area contributed by atoms with Gasteiger partial charge in [0, 0.05) is 10.7 Å². The molecule has 0 saturated heterocycles. The first-order chi connectivity index (χ1) is 4.20. The minimum atomic E-state index is 0.0475. The molecule has 1 atom stereocenters. The number of allylic oxidation sites excluding steroid dienone is 2. The smallest absolute Gasteiger partial charge is 0.115 e. The molecule has 0 aromatic rings. The summed E-state index contributed by atoms with van der Waals surface area (Å²) in [5, 5.41) is 12.0. The van der Waals surface area contributed by atoms with E-state index < -0.39 is 0 Å². The largest absolute Gasteiger partial charge is 0.510 e. The summed E-state index contributed by atoms with van der Waals surface area (Å²) >= 11 is 3.22. The van der Waals surface area contributed by atoms with E-state index in [9.17, 15) is 0 Å². The minimum absolute atomic E-state index is 0.0475. The van der Waals surface area contributed by atoms with Gasteiger partial charge in [-0.05, 0) is 28.9 Å². The third kappa shape index (κ3) is 1.48. The number of hydrogen-bond donors (Lipinski definition) is 2. The predicted octanol–water partition coefficient (Wildman–Crippen LogP) is 1.66. The Bertz CT molecular complexity index is 174. The molecule has 1 aliphatic rings. The van der Waals surface area contributed by atoms with E-state index >= 15 is 0 Å². The first kappa shape index (κ1) is 6.68. The SMILES string of the molecule is CC1NC=C(Br)C=C1O. The van der Waals surface area contributed by atoms with E-state index in [-0.39, 0.29) is 6.04 Å². The van der Waals surface area contributed by atoms with Gasteiger partial charge in [-0.15, -0.1) is 0 Å². The molecule has 0 aromatic carbocycles. The maximum atomic E-state index is 9.08. The molecule has 0 radical (unpaired) electrons. The molecule has 50 valence electrons. The fraction of sp³-hybridized carbons (Fsp3) is 0.333. The summed E-state index contributed by atoms with van der Waals surface area (Å²) in [5.41, 5.74) is 0. The summed E-state index contributed by atoms with van der Waals surface area (Å²) in [5.74, 6) is 0.365. The normalized spacial score (nSPS) is 26.2. The fourth-order valence-electron chi connectivity index (χ4n) is 0.598. The summed E-state index contributed by atoms with van der Waals surface area (Å²) in [4.78, 5) is 0. The van der Waals surface area contributed by atoms with Crippen LogP contribution in [-0.2, 0) is 0 Å². The lowest BCUT2D eigenvalue weighted by atomic mass is 10.2. The van der Waals surface area contributed by atoms with E-state index in [1.165, 1.54) is 0 Å². The minimum Gasteiger partial charge on any atom is -0.510 e.